The molecule has 1 aliphatic carbocycles. The van der Waals surface area contributed by atoms with Gasteiger partial charge in [-0.15, -0.1) is 0 Å². The highest BCUT2D eigenvalue weighted by atomic mass is 16.3. The molecule has 1 aliphatic rings. The van der Waals surface area contributed by atoms with Crippen LogP contribution in [0.4, 0.5) is 0 Å². The number of ketones is 1. The van der Waals surface area contributed by atoms with Crippen LogP contribution in [0.15, 0.2) is 54.3 Å². The van der Waals surface area contributed by atoms with E-state index in [1.807, 2.05) is 30.3 Å². The fourth-order valence-electron chi connectivity index (χ4n) is 1.62. The first-order valence-corrected chi connectivity index (χ1v) is 4.94. The van der Waals surface area contributed by atoms with E-state index >= 15 is 0 Å². The molecule has 2 nitrogen and oxygen atoms in total. The molecule has 0 spiro atoms. The molecule has 0 radical (unpaired) electrons. The van der Waals surface area contributed by atoms with Crippen molar-refractivity contribution in [3.8, 4) is 0 Å². The number of hydrogen-bond acceptors (Lipinski definition) is 2. The molecule has 1 aromatic rings. The summed E-state index contributed by atoms with van der Waals surface area (Å²) in [5.41, 5.74) is 0.724. The van der Waals surface area contributed by atoms with Gasteiger partial charge in [-0.1, -0.05) is 36.4 Å². The minimum atomic E-state index is -0.136. The van der Waals surface area contributed by atoms with Crippen LogP contribution in [-0.4, -0.2) is 10.9 Å². The summed E-state index contributed by atoms with van der Waals surface area (Å²) in [5, 5.41) is 9.14. The molecule has 0 heterocycles. The van der Waals surface area contributed by atoms with Gasteiger partial charge in [0.15, 0.2) is 5.78 Å². The highest BCUT2D eigenvalue weighted by molar-refractivity contribution is 5.99. The molecule has 15 heavy (non-hydrogen) atoms. The maximum Gasteiger partial charge on any atom is 0.170 e. The molecule has 0 bridgehead atoms. The Labute approximate surface area is 88.6 Å². The minimum Gasteiger partial charge on any atom is -0.508 e. The molecule has 0 fully saturated rings. The summed E-state index contributed by atoms with van der Waals surface area (Å²) in [6.45, 7) is 0. The molecule has 0 amide bonds. The number of Topliss-reactive ketones (excluding diaryl/α,β-unsaturated/α-hetero) is 1. The van der Waals surface area contributed by atoms with E-state index in [9.17, 15) is 4.79 Å². The molecule has 1 unspecified atom stereocenters. The Morgan fingerprint density at radius 2 is 2.00 bits per heavy atom. The Balaban J connectivity index is 2.14. The van der Waals surface area contributed by atoms with Gasteiger partial charge in [0.2, 0.25) is 0 Å². The summed E-state index contributed by atoms with van der Waals surface area (Å²) in [4.78, 5) is 11.9. The molecule has 2 rings (SSSR count). The number of allylic oxidation sites excluding steroid dienone is 3. The predicted octanol–water partition coefficient (Wildman–Crippen LogP) is 2.89. The zero-order chi connectivity index (χ0) is 10.7. The summed E-state index contributed by atoms with van der Waals surface area (Å²) in [7, 11) is 0. The van der Waals surface area contributed by atoms with Crippen molar-refractivity contribution >= 4 is 5.78 Å². The van der Waals surface area contributed by atoms with Gasteiger partial charge in [-0.3, -0.25) is 4.79 Å². The second-order valence-electron chi connectivity index (χ2n) is 3.56. The highest BCUT2D eigenvalue weighted by Crippen LogP contribution is 2.19. The van der Waals surface area contributed by atoms with Gasteiger partial charge in [0, 0.05) is 11.5 Å². The van der Waals surface area contributed by atoms with Crippen LogP contribution in [0.5, 0.6) is 0 Å². The smallest absolute Gasteiger partial charge is 0.170 e. The average Bonchev–Trinajstić information content (AvgIpc) is 2.30. The number of rotatable bonds is 2. The van der Waals surface area contributed by atoms with Gasteiger partial charge in [0.1, 0.15) is 5.76 Å². The Bertz CT molecular complexity index is 415. The van der Waals surface area contributed by atoms with Crippen LogP contribution < -0.4 is 0 Å². The largest absolute Gasteiger partial charge is 0.508 e. The molecule has 1 N–H and O–H groups in total. The molecule has 0 aromatic heterocycles. The van der Waals surface area contributed by atoms with Gasteiger partial charge in [-0.05, 0) is 18.6 Å². The quantitative estimate of drug-likeness (QED) is 0.745. The Morgan fingerprint density at radius 3 is 2.60 bits per heavy atom. The van der Waals surface area contributed by atoms with Crippen molar-refractivity contribution in [2.45, 2.75) is 6.42 Å². The van der Waals surface area contributed by atoms with Crippen LogP contribution in [-0.2, 0) is 0 Å². The summed E-state index contributed by atoms with van der Waals surface area (Å²) < 4.78 is 0. The van der Waals surface area contributed by atoms with E-state index in [0.717, 1.165) is 5.56 Å². The van der Waals surface area contributed by atoms with Crippen LogP contribution in [0.1, 0.15) is 16.8 Å². The summed E-state index contributed by atoms with van der Waals surface area (Å²) >= 11 is 0. The molecule has 1 atom stereocenters. The maximum absolute atomic E-state index is 11.9. The van der Waals surface area contributed by atoms with Crippen molar-refractivity contribution in [1.29, 1.82) is 0 Å². The van der Waals surface area contributed by atoms with E-state index in [0.29, 0.717) is 6.42 Å². The van der Waals surface area contributed by atoms with E-state index in [-0.39, 0.29) is 17.5 Å². The monoisotopic (exact) mass is 200 g/mol. The lowest BCUT2D eigenvalue weighted by Gasteiger charge is -2.12. The second-order valence-corrected chi connectivity index (χ2v) is 3.56. The molecule has 0 saturated carbocycles. The zero-order valence-electron chi connectivity index (χ0n) is 8.26. The normalized spacial score (nSPS) is 19.7. The molecule has 0 aliphatic heterocycles. The summed E-state index contributed by atoms with van der Waals surface area (Å²) in [5.74, 6) is 0.214. The topological polar surface area (TPSA) is 37.3 Å². The fourth-order valence-corrected chi connectivity index (χ4v) is 1.62. The molecular formula is C13H12O2. The van der Waals surface area contributed by atoms with Crippen molar-refractivity contribution in [1.82, 2.24) is 0 Å². The van der Waals surface area contributed by atoms with E-state index in [2.05, 4.69) is 0 Å². The molecular weight excluding hydrogens is 188 g/mol. The third kappa shape index (κ3) is 2.15. The van der Waals surface area contributed by atoms with Gasteiger partial charge in [-0.2, -0.15) is 0 Å². The van der Waals surface area contributed by atoms with Crippen molar-refractivity contribution in [2.24, 2.45) is 5.92 Å². The average molecular weight is 200 g/mol. The number of aliphatic hydroxyl groups excluding tert-OH is 1. The first-order valence-electron chi connectivity index (χ1n) is 4.94. The lowest BCUT2D eigenvalue weighted by Crippen LogP contribution is -2.13. The molecule has 0 saturated heterocycles. The van der Waals surface area contributed by atoms with Gasteiger partial charge in [0.25, 0.3) is 0 Å². The lowest BCUT2D eigenvalue weighted by atomic mass is 9.91. The number of benzene rings is 1. The van der Waals surface area contributed by atoms with Crippen LogP contribution in [0.25, 0.3) is 0 Å². The minimum absolute atomic E-state index is 0.107. The van der Waals surface area contributed by atoms with E-state index in [1.165, 1.54) is 0 Å². The van der Waals surface area contributed by atoms with Gasteiger partial charge in [-0.25, -0.2) is 0 Å². The third-order valence-electron chi connectivity index (χ3n) is 2.48. The Kier molecular flexibility index (Phi) is 2.68. The summed E-state index contributed by atoms with van der Waals surface area (Å²) in [6.07, 6.45) is 5.58. The van der Waals surface area contributed by atoms with Crippen molar-refractivity contribution in [3.05, 3.63) is 59.9 Å². The molecule has 2 heteroatoms. The lowest BCUT2D eigenvalue weighted by molar-refractivity contribution is 0.0945. The number of carbonyl (C=O) groups excluding carboxylic acids is 1. The van der Waals surface area contributed by atoms with Crippen LogP contribution in [0, 0.1) is 5.92 Å². The van der Waals surface area contributed by atoms with Gasteiger partial charge < -0.3 is 5.11 Å². The first kappa shape index (κ1) is 9.71. The first-order chi connectivity index (χ1) is 7.27. The van der Waals surface area contributed by atoms with Crippen LogP contribution >= 0.6 is 0 Å². The molecule has 76 valence electrons. The van der Waals surface area contributed by atoms with E-state index in [1.54, 1.807) is 18.2 Å². The van der Waals surface area contributed by atoms with Gasteiger partial charge in [0.05, 0.1) is 0 Å². The van der Waals surface area contributed by atoms with E-state index in [4.69, 9.17) is 5.11 Å². The predicted molar refractivity (Wildman–Crippen MR) is 58.7 cm³/mol. The highest BCUT2D eigenvalue weighted by Gasteiger charge is 2.18. The number of carbonyl (C=O) groups is 1. The number of aliphatic hydroxyl groups is 1. The van der Waals surface area contributed by atoms with Crippen molar-refractivity contribution in [2.75, 3.05) is 0 Å². The summed E-state index contributed by atoms with van der Waals surface area (Å²) in [6, 6.07) is 9.22. The number of hydrogen-bond donors (Lipinski definition) is 1. The molecule has 1 aromatic carbocycles. The second kappa shape index (κ2) is 4.13. The van der Waals surface area contributed by atoms with Crippen LogP contribution in [0.2, 0.25) is 0 Å². The zero-order valence-corrected chi connectivity index (χ0v) is 8.26. The Morgan fingerprint density at radius 1 is 1.27 bits per heavy atom. The van der Waals surface area contributed by atoms with Crippen molar-refractivity contribution in [3.63, 3.8) is 0 Å². The fraction of sp³-hybridized carbons (Fsp3) is 0.154. The van der Waals surface area contributed by atoms with E-state index < -0.39 is 0 Å². The third-order valence-corrected chi connectivity index (χ3v) is 2.48. The Hall–Kier alpha value is -1.83. The van der Waals surface area contributed by atoms with Crippen LogP contribution in [0.3, 0.4) is 0 Å². The maximum atomic E-state index is 11.9. The van der Waals surface area contributed by atoms with Crippen molar-refractivity contribution < 1.29 is 9.90 Å². The standard InChI is InChI=1S/C13H12O2/c14-12-8-6-11(7-9-12)13(15)10-4-2-1-3-5-10/h1-6,8-9,11,14H,7H2. The van der Waals surface area contributed by atoms with Gasteiger partial charge >= 0.3 is 0 Å². The SMILES string of the molecule is O=C(c1ccccc1)C1C=CC(O)=CC1.